The van der Waals surface area contributed by atoms with Gasteiger partial charge in [-0.05, 0) is 0 Å². The highest BCUT2D eigenvalue weighted by Gasteiger charge is 2.36. The van der Waals surface area contributed by atoms with Crippen LogP contribution in [0.4, 0.5) is 5.13 Å². The lowest BCUT2D eigenvalue weighted by Gasteiger charge is -2.40. The molecule has 0 bridgehead atoms. The summed E-state index contributed by atoms with van der Waals surface area (Å²) >= 11 is 1.40. The largest absolute Gasteiger partial charge is 0.481 e. The fraction of sp³-hybridized carbons (Fsp3) is 0.727. The first kappa shape index (κ1) is 12.3. The molecule has 94 valence electrons. The van der Waals surface area contributed by atoms with E-state index in [1.54, 1.807) is 6.92 Å². The second-order valence-corrected chi connectivity index (χ2v) is 5.61. The third-order valence-corrected chi connectivity index (χ3v) is 4.02. The van der Waals surface area contributed by atoms with Gasteiger partial charge in [0.1, 0.15) is 5.82 Å². The Hall–Kier alpha value is -1.17. The molecule has 5 nitrogen and oxygen atoms in total. The monoisotopic (exact) mass is 255 g/mol. The van der Waals surface area contributed by atoms with Crippen molar-refractivity contribution in [2.24, 2.45) is 11.8 Å². The van der Waals surface area contributed by atoms with Crippen LogP contribution in [0.2, 0.25) is 0 Å². The van der Waals surface area contributed by atoms with Crippen LogP contribution in [0.15, 0.2) is 0 Å². The van der Waals surface area contributed by atoms with Gasteiger partial charge in [0.15, 0.2) is 0 Å². The lowest BCUT2D eigenvalue weighted by molar-refractivity contribution is -0.143. The van der Waals surface area contributed by atoms with Crippen LogP contribution in [-0.2, 0) is 4.79 Å². The zero-order valence-corrected chi connectivity index (χ0v) is 11.1. The number of hydrogen-bond donors (Lipinski definition) is 1. The van der Waals surface area contributed by atoms with E-state index in [0.717, 1.165) is 24.0 Å². The van der Waals surface area contributed by atoms with Gasteiger partial charge < -0.3 is 10.0 Å². The molecule has 1 aromatic rings. The Balaban J connectivity index is 1.92. The second kappa shape index (κ2) is 4.60. The Morgan fingerprint density at radius 2 is 2.12 bits per heavy atom. The first-order valence-corrected chi connectivity index (χ1v) is 6.57. The zero-order valence-electron chi connectivity index (χ0n) is 10.3. The topological polar surface area (TPSA) is 66.3 Å². The standard InChI is InChI=1S/C11H17N3O2S/c1-6(2)9-12-11(17-13-9)14-4-8(5-14)7(3)10(15)16/h6-8H,4-5H2,1-3H3,(H,15,16). The fourth-order valence-electron chi connectivity index (χ4n) is 1.78. The molecule has 0 aromatic carbocycles. The summed E-state index contributed by atoms with van der Waals surface area (Å²) in [5, 5.41) is 9.83. The minimum atomic E-state index is -0.713. The van der Waals surface area contributed by atoms with E-state index in [1.807, 2.05) is 0 Å². The third-order valence-electron chi connectivity index (χ3n) is 3.22. The number of carboxylic acid groups (broad SMARTS) is 1. The van der Waals surface area contributed by atoms with Gasteiger partial charge in [0.05, 0.1) is 5.92 Å². The first-order valence-electron chi connectivity index (χ1n) is 5.80. The molecule has 17 heavy (non-hydrogen) atoms. The normalized spacial score (nSPS) is 18.2. The average Bonchev–Trinajstić information content (AvgIpc) is 2.64. The Labute approximate surface area is 105 Å². The summed E-state index contributed by atoms with van der Waals surface area (Å²) in [4.78, 5) is 17.4. The molecule has 1 N–H and O–H groups in total. The molecule has 1 atom stereocenters. The zero-order chi connectivity index (χ0) is 12.6. The molecule has 0 amide bonds. The molecule has 0 saturated carbocycles. The Morgan fingerprint density at radius 1 is 1.47 bits per heavy atom. The van der Waals surface area contributed by atoms with Gasteiger partial charge >= 0.3 is 5.97 Å². The van der Waals surface area contributed by atoms with Crippen molar-refractivity contribution in [3.05, 3.63) is 5.82 Å². The SMILES string of the molecule is CC(C)c1nsc(N2CC(C(C)C(=O)O)C2)n1. The number of aliphatic carboxylic acids is 1. The van der Waals surface area contributed by atoms with Gasteiger partial charge in [-0.2, -0.15) is 4.37 Å². The van der Waals surface area contributed by atoms with Crippen LogP contribution in [0.1, 0.15) is 32.5 Å². The highest BCUT2D eigenvalue weighted by molar-refractivity contribution is 7.09. The molecule has 0 radical (unpaired) electrons. The highest BCUT2D eigenvalue weighted by atomic mass is 32.1. The Morgan fingerprint density at radius 3 is 2.59 bits per heavy atom. The summed E-state index contributed by atoms with van der Waals surface area (Å²) in [6.07, 6.45) is 0. The van der Waals surface area contributed by atoms with Crippen LogP contribution >= 0.6 is 11.5 Å². The fourth-order valence-corrected chi connectivity index (χ4v) is 2.60. The van der Waals surface area contributed by atoms with Gasteiger partial charge in [-0.3, -0.25) is 4.79 Å². The van der Waals surface area contributed by atoms with Crippen molar-refractivity contribution >= 4 is 22.6 Å². The average molecular weight is 255 g/mol. The molecule has 1 fully saturated rings. The van der Waals surface area contributed by atoms with Crippen LogP contribution in [0.3, 0.4) is 0 Å². The number of hydrogen-bond acceptors (Lipinski definition) is 5. The molecule has 2 rings (SSSR count). The minimum Gasteiger partial charge on any atom is -0.481 e. The van der Waals surface area contributed by atoms with E-state index >= 15 is 0 Å². The quantitative estimate of drug-likeness (QED) is 0.889. The molecule has 1 unspecified atom stereocenters. The van der Waals surface area contributed by atoms with Crippen LogP contribution in [-0.4, -0.2) is 33.5 Å². The van der Waals surface area contributed by atoms with Gasteiger partial charge in [0, 0.05) is 36.5 Å². The lowest BCUT2D eigenvalue weighted by atomic mass is 9.87. The van der Waals surface area contributed by atoms with Gasteiger partial charge in [0.25, 0.3) is 0 Å². The number of nitrogens with zero attached hydrogens (tertiary/aromatic N) is 3. The molecule has 6 heteroatoms. The molecule has 1 aliphatic rings. The van der Waals surface area contributed by atoms with Crippen molar-refractivity contribution in [3.8, 4) is 0 Å². The summed E-state index contributed by atoms with van der Waals surface area (Å²) in [5.74, 6) is 0.465. The maximum Gasteiger partial charge on any atom is 0.306 e. The van der Waals surface area contributed by atoms with E-state index < -0.39 is 5.97 Å². The Kier molecular flexibility index (Phi) is 3.33. The number of aromatic nitrogens is 2. The number of anilines is 1. The predicted octanol–water partition coefficient (Wildman–Crippen LogP) is 1.82. The van der Waals surface area contributed by atoms with Crippen molar-refractivity contribution in [1.29, 1.82) is 0 Å². The second-order valence-electron chi connectivity index (χ2n) is 4.88. The maximum absolute atomic E-state index is 10.8. The first-order chi connectivity index (χ1) is 7.99. The van der Waals surface area contributed by atoms with E-state index in [1.165, 1.54) is 11.5 Å². The predicted molar refractivity (Wildman–Crippen MR) is 66.5 cm³/mol. The summed E-state index contributed by atoms with van der Waals surface area (Å²) in [6.45, 7) is 7.46. The van der Waals surface area contributed by atoms with Gasteiger partial charge in [-0.1, -0.05) is 20.8 Å². The number of carboxylic acids is 1. The van der Waals surface area contributed by atoms with Crippen LogP contribution in [0.25, 0.3) is 0 Å². The molecule has 2 heterocycles. The lowest BCUT2D eigenvalue weighted by Crippen LogP contribution is -2.51. The van der Waals surface area contributed by atoms with E-state index in [-0.39, 0.29) is 11.8 Å². The number of rotatable bonds is 4. The molecular formula is C11H17N3O2S. The van der Waals surface area contributed by atoms with Crippen LogP contribution in [0, 0.1) is 11.8 Å². The molecule has 1 aliphatic heterocycles. The van der Waals surface area contributed by atoms with Crippen molar-refractivity contribution in [1.82, 2.24) is 9.36 Å². The highest BCUT2D eigenvalue weighted by Crippen LogP contribution is 2.31. The van der Waals surface area contributed by atoms with Crippen LogP contribution in [0.5, 0.6) is 0 Å². The molecular weight excluding hydrogens is 238 g/mol. The van der Waals surface area contributed by atoms with E-state index in [9.17, 15) is 4.79 Å². The Bertz CT molecular complexity index is 413. The summed E-state index contributed by atoms with van der Waals surface area (Å²) in [6, 6.07) is 0. The molecule has 1 aromatic heterocycles. The van der Waals surface area contributed by atoms with Crippen molar-refractivity contribution in [3.63, 3.8) is 0 Å². The van der Waals surface area contributed by atoms with Gasteiger partial charge in [-0.25, -0.2) is 4.98 Å². The smallest absolute Gasteiger partial charge is 0.306 e. The van der Waals surface area contributed by atoms with Gasteiger partial charge in [0.2, 0.25) is 5.13 Å². The maximum atomic E-state index is 10.8. The van der Waals surface area contributed by atoms with Gasteiger partial charge in [-0.15, -0.1) is 0 Å². The summed E-state index contributed by atoms with van der Waals surface area (Å²) in [7, 11) is 0. The van der Waals surface area contributed by atoms with E-state index in [2.05, 4.69) is 28.1 Å². The minimum absolute atomic E-state index is 0.235. The van der Waals surface area contributed by atoms with E-state index in [0.29, 0.717) is 5.92 Å². The number of carbonyl (C=O) groups is 1. The molecule has 0 aliphatic carbocycles. The van der Waals surface area contributed by atoms with Crippen molar-refractivity contribution in [2.75, 3.05) is 18.0 Å². The van der Waals surface area contributed by atoms with E-state index in [4.69, 9.17) is 5.11 Å². The van der Waals surface area contributed by atoms with Crippen molar-refractivity contribution in [2.45, 2.75) is 26.7 Å². The summed E-state index contributed by atoms with van der Waals surface area (Å²) in [5.41, 5.74) is 0. The summed E-state index contributed by atoms with van der Waals surface area (Å²) < 4.78 is 4.30. The third kappa shape index (κ3) is 2.41. The van der Waals surface area contributed by atoms with Crippen LogP contribution < -0.4 is 4.90 Å². The van der Waals surface area contributed by atoms with Crippen molar-refractivity contribution < 1.29 is 9.90 Å². The molecule has 0 spiro atoms. The molecule has 1 saturated heterocycles.